The highest BCUT2D eigenvalue weighted by Gasteiger charge is 2.15. The van der Waals surface area contributed by atoms with Crippen molar-refractivity contribution in [1.29, 1.82) is 0 Å². The third-order valence-electron chi connectivity index (χ3n) is 3.54. The molecule has 0 spiro atoms. The zero-order valence-corrected chi connectivity index (χ0v) is 9.41. The van der Waals surface area contributed by atoms with Gasteiger partial charge in [-0.15, -0.1) is 0 Å². The summed E-state index contributed by atoms with van der Waals surface area (Å²) in [7, 11) is 0. The quantitative estimate of drug-likeness (QED) is 0.683. The fourth-order valence-electron chi connectivity index (χ4n) is 2.65. The summed E-state index contributed by atoms with van der Waals surface area (Å²) in [5.41, 5.74) is 8.42. The van der Waals surface area contributed by atoms with Crippen molar-refractivity contribution in [1.82, 2.24) is 0 Å². The Bertz CT molecular complexity index is 298. The van der Waals surface area contributed by atoms with Crippen molar-refractivity contribution in [3.8, 4) is 0 Å². The second-order valence-electron chi connectivity index (χ2n) is 4.67. The maximum atomic E-state index is 6.04. The van der Waals surface area contributed by atoms with E-state index in [0.717, 1.165) is 5.69 Å². The average molecular weight is 203 g/mol. The van der Waals surface area contributed by atoms with Gasteiger partial charge in [-0.05, 0) is 30.4 Å². The lowest BCUT2D eigenvalue weighted by Gasteiger charge is -2.21. The standard InChI is InChI=1S/C14H21N/c15-14-11-7-6-10-13(14)12-8-4-2-1-3-5-9-12/h6-7,10-12H,1-5,8-9,15H2. The van der Waals surface area contributed by atoms with Crippen LogP contribution in [0.25, 0.3) is 0 Å². The lowest BCUT2D eigenvalue weighted by Crippen LogP contribution is -2.05. The summed E-state index contributed by atoms with van der Waals surface area (Å²) >= 11 is 0. The van der Waals surface area contributed by atoms with E-state index < -0.39 is 0 Å². The van der Waals surface area contributed by atoms with E-state index in [0.29, 0.717) is 5.92 Å². The minimum Gasteiger partial charge on any atom is -0.398 e. The molecule has 1 aliphatic carbocycles. The lowest BCUT2D eigenvalue weighted by atomic mass is 9.85. The molecule has 1 aliphatic rings. The maximum Gasteiger partial charge on any atom is 0.0349 e. The Morgan fingerprint density at radius 2 is 1.47 bits per heavy atom. The van der Waals surface area contributed by atoms with Crippen molar-refractivity contribution < 1.29 is 0 Å². The molecule has 0 aliphatic heterocycles. The molecule has 1 fully saturated rings. The molecule has 0 atom stereocenters. The molecule has 0 radical (unpaired) electrons. The largest absolute Gasteiger partial charge is 0.398 e. The van der Waals surface area contributed by atoms with Crippen LogP contribution in [-0.2, 0) is 0 Å². The van der Waals surface area contributed by atoms with E-state index >= 15 is 0 Å². The summed E-state index contributed by atoms with van der Waals surface area (Å²) < 4.78 is 0. The van der Waals surface area contributed by atoms with Crippen molar-refractivity contribution in [2.75, 3.05) is 5.73 Å². The van der Waals surface area contributed by atoms with Gasteiger partial charge in [0.15, 0.2) is 0 Å². The van der Waals surface area contributed by atoms with Crippen LogP contribution in [0.3, 0.4) is 0 Å². The molecule has 15 heavy (non-hydrogen) atoms. The first-order valence-electron chi connectivity index (χ1n) is 6.22. The van der Waals surface area contributed by atoms with Crippen molar-refractivity contribution in [3.63, 3.8) is 0 Å². The number of nitrogens with two attached hydrogens (primary N) is 1. The first-order chi connectivity index (χ1) is 7.38. The molecular formula is C14H21N. The zero-order chi connectivity index (χ0) is 10.5. The number of anilines is 1. The van der Waals surface area contributed by atoms with Crippen LogP contribution >= 0.6 is 0 Å². The molecule has 0 amide bonds. The van der Waals surface area contributed by atoms with E-state index in [9.17, 15) is 0 Å². The topological polar surface area (TPSA) is 26.0 Å². The molecule has 2 N–H and O–H groups in total. The number of rotatable bonds is 1. The van der Waals surface area contributed by atoms with E-state index in [2.05, 4.69) is 12.1 Å². The number of hydrogen-bond donors (Lipinski definition) is 1. The molecule has 1 saturated carbocycles. The fourth-order valence-corrected chi connectivity index (χ4v) is 2.65. The van der Waals surface area contributed by atoms with Crippen molar-refractivity contribution in [2.45, 2.75) is 50.9 Å². The first-order valence-corrected chi connectivity index (χ1v) is 6.22. The van der Waals surface area contributed by atoms with Crippen LogP contribution in [0, 0.1) is 0 Å². The van der Waals surface area contributed by atoms with Crippen LogP contribution in [0.15, 0.2) is 24.3 Å². The lowest BCUT2D eigenvalue weighted by molar-refractivity contribution is 0.456. The highest BCUT2D eigenvalue weighted by atomic mass is 14.6. The Morgan fingerprint density at radius 1 is 0.867 bits per heavy atom. The molecule has 82 valence electrons. The van der Waals surface area contributed by atoms with Crippen LogP contribution in [-0.4, -0.2) is 0 Å². The first kappa shape index (κ1) is 10.5. The van der Waals surface area contributed by atoms with Gasteiger partial charge < -0.3 is 5.73 Å². The van der Waals surface area contributed by atoms with Crippen LogP contribution in [0.4, 0.5) is 5.69 Å². The fraction of sp³-hybridized carbons (Fsp3) is 0.571. The number of benzene rings is 1. The van der Waals surface area contributed by atoms with Gasteiger partial charge in [0, 0.05) is 5.69 Å². The van der Waals surface area contributed by atoms with Gasteiger partial charge in [-0.1, -0.05) is 50.3 Å². The molecule has 0 aromatic heterocycles. The average Bonchev–Trinajstić information content (AvgIpc) is 2.19. The van der Waals surface area contributed by atoms with Crippen LogP contribution in [0.1, 0.15) is 56.4 Å². The Hall–Kier alpha value is -0.980. The van der Waals surface area contributed by atoms with Gasteiger partial charge in [0.05, 0.1) is 0 Å². The van der Waals surface area contributed by atoms with Crippen molar-refractivity contribution in [3.05, 3.63) is 29.8 Å². The van der Waals surface area contributed by atoms with E-state index in [-0.39, 0.29) is 0 Å². The summed E-state index contributed by atoms with van der Waals surface area (Å²) in [6.45, 7) is 0. The third kappa shape index (κ3) is 2.74. The highest BCUT2D eigenvalue weighted by molar-refractivity contribution is 5.48. The summed E-state index contributed by atoms with van der Waals surface area (Å²) in [4.78, 5) is 0. The summed E-state index contributed by atoms with van der Waals surface area (Å²) in [5.74, 6) is 0.714. The van der Waals surface area contributed by atoms with Gasteiger partial charge in [-0.25, -0.2) is 0 Å². The predicted octanol–water partition coefficient (Wildman–Crippen LogP) is 4.10. The Kier molecular flexibility index (Phi) is 3.65. The maximum absolute atomic E-state index is 6.04. The Balaban J connectivity index is 2.10. The molecular weight excluding hydrogens is 182 g/mol. The van der Waals surface area contributed by atoms with Crippen LogP contribution in [0.2, 0.25) is 0 Å². The van der Waals surface area contributed by atoms with E-state index in [1.54, 1.807) is 0 Å². The van der Waals surface area contributed by atoms with Gasteiger partial charge in [-0.3, -0.25) is 0 Å². The number of hydrogen-bond acceptors (Lipinski definition) is 1. The van der Waals surface area contributed by atoms with Crippen LogP contribution in [0.5, 0.6) is 0 Å². The highest BCUT2D eigenvalue weighted by Crippen LogP contribution is 2.33. The molecule has 0 heterocycles. The zero-order valence-electron chi connectivity index (χ0n) is 9.41. The van der Waals surface area contributed by atoms with E-state index in [1.807, 2.05) is 12.1 Å². The van der Waals surface area contributed by atoms with Gasteiger partial charge in [0.2, 0.25) is 0 Å². The van der Waals surface area contributed by atoms with Crippen molar-refractivity contribution >= 4 is 5.69 Å². The molecule has 1 nitrogen and oxygen atoms in total. The molecule has 0 unspecified atom stereocenters. The van der Waals surface area contributed by atoms with E-state index in [1.165, 1.54) is 50.5 Å². The van der Waals surface area contributed by atoms with Crippen molar-refractivity contribution in [2.24, 2.45) is 0 Å². The molecule has 1 aromatic carbocycles. The van der Waals surface area contributed by atoms with Gasteiger partial charge >= 0.3 is 0 Å². The monoisotopic (exact) mass is 203 g/mol. The van der Waals surface area contributed by atoms with E-state index in [4.69, 9.17) is 5.73 Å². The third-order valence-corrected chi connectivity index (χ3v) is 3.54. The van der Waals surface area contributed by atoms with Gasteiger partial charge in [-0.2, -0.15) is 0 Å². The summed E-state index contributed by atoms with van der Waals surface area (Å²) in [6.07, 6.45) is 9.64. The number of para-hydroxylation sites is 1. The predicted molar refractivity (Wildman–Crippen MR) is 65.9 cm³/mol. The number of nitrogen functional groups attached to an aromatic ring is 1. The second-order valence-corrected chi connectivity index (χ2v) is 4.67. The molecule has 1 aromatic rings. The SMILES string of the molecule is Nc1ccccc1C1CCCCCCC1. The normalized spacial score (nSPS) is 19.5. The molecule has 0 bridgehead atoms. The molecule has 0 saturated heterocycles. The molecule has 2 rings (SSSR count). The summed E-state index contributed by atoms with van der Waals surface area (Å²) in [6, 6.07) is 8.39. The Morgan fingerprint density at radius 3 is 2.13 bits per heavy atom. The van der Waals surface area contributed by atoms with Gasteiger partial charge in [0.25, 0.3) is 0 Å². The minimum atomic E-state index is 0.714. The van der Waals surface area contributed by atoms with Crippen LogP contribution < -0.4 is 5.73 Å². The second kappa shape index (κ2) is 5.20. The smallest absolute Gasteiger partial charge is 0.0349 e. The van der Waals surface area contributed by atoms with Gasteiger partial charge in [0.1, 0.15) is 0 Å². The summed E-state index contributed by atoms with van der Waals surface area (Å²) in [5, 5.41) is 0. The Labute approximate surface area is 92.7 Å². The molecule has 1 heteroatoms. The minimum absolute atomic E-state index is 0.714.